The van der Waals surface area contributed by atoms with Crippen molar-refractivity contribution < 1.29 is 14.3 Å². The highest BCUT2D eigenvalue weighted by atomic mass is 19.1. The number of carbonyl (C=O) groups is 1. The molecule has 1 aromatic rings. The predicted molar refractivity (Wildman–Crippen MR) is 59.0 cm³/mol. The van der Waals surface area contributed by atoms with E-state index >= 15 is 0 Å². The van der Waals surface area contributed by atoms with Crippen molar-refractivity contribution in [3.8, 4) is 0 Å². The van der Waals surface area contributed by atoms with Crippen LogP contribution in [-0.4, -0.2) is 11.1 Å². The van der Waals surface area contributed by atoms with E-state index < -0.39 is 11.4 Å². The molecule has 0 radical (unpaired) electrons. The molecule has 0 unspecified atom stereocenters. The van der Waals surface area contributed by atoms with E-state index in [2.05, 4.69) is 0 Å². The molecule has 1 N–H and O–H groups in total. The van der Waals surface area contributed by atoms with Gasteiger partial charge in [0.1, 0.15) is 5.82 Å². The lowest BCUT2D eigenvalue weighted by Gasteiger charge is -2.39. The maximum Gasteiger partial charge on any atom is 0.314 e. The third-order valence-corrected chi connectivity index (χ3v) is 3.64. The van der Waals surface area contributed by atoms with Gasteiger partial charge in [0.25, 0.3) is 0 Å². The van der Waals surface area contributed by atoms with Gasteiger partial charge in [-0.3, -0.25) is 4.79 Å². The van der Waals surface area contributed by atoms with Crippen LogP contribution in [0.3, 0.4) is 0 Å². The maximum absolute atomic E-state index is 13.5. The van der Waals surface area contributed by atoms with Crippen LogP contribution in [0.4, 0.5) is 4.39 Å². The molecule has 86 valence electrons. The summed E-state index contributed by atoms with van der Waals surface area (Å²) in [6.07, 6.45) is 2.14. The summed E-state index contributed by atoms with van der Waals surface area (Å²) in [5.74, 6) is -1.14. The van der Waals surface area contributed by atoms with Gasteiger partial charge in [-0.1, -0.05) is 12.5 Å². The topological polar surface area (TPSA) is 37.3 Å². The van der Waals surface area contributed by atoms with Crippen LogP contribution in [0.2, 0.25) is 0 Å². The standard InChI is InChI=1S/C13H15FO2/c1-8-6-9(2)11(14)7-10(8)13(12(15)16)4-3-5-13/h6-7H,3-5H2,1-2H3,(H,15,16). The van der Waals surface area contributed by atoms with E-state index in [1.54, 1.807) is 13.0 Å². The molecule has 0 heterocycles. The summed E-state index contributed by atoms with van der Waals surface area (Å²) in [4.78, 5) is 11.3. The highest BCUT2D eigenvalue weighted by molar-refractivity contribution is 5.83. The zero-order valence-corrected chi connectivity index (χ0v) is 9.51. The average molecular weight is 222 g/mol. The van der Waals surface area contributed by atoms with Crippen LogP contribution in [0.5, 0.6) is 0 Å². The Kier molecular flexibility index (Phi) is 2.49. The van der Waals surface area contributed by atoms with Gasteiger partial charge in [0.2, 0.25) is 0 Å². The molecular formula is C13H15FO2. The van der Waals surface area contributed by atoms with Crippen molar-refractivity contribution in [1.29, 1.82) is 0 Å². The number of carboxylic acids is 1. The second kappa shape index (κ2) is 3.58. The van der Waals surface area contributed by atoms with E-state index in [0.29, 0.717) is 24.0 Å². The van der Waals surface area contributed by atoms with E-state index in [0.717, 1.165) is 12.0 Å². The molecule has 2 nitrogen and oxygen atoms in total. The summed E-state index contributed by atoms with van der Waals surface area (Å²) in [5, 5.41) is 9.30. The van der Waals surface area contributed by atoms with Gasteiger partial charge in [0, 0.05) is 0 Å². The van der Waals surface area contributed by atoms with E-state index in [4.69, 9.17) is 0 Å². The quantitative estimate of drug-likeness (QED) is 0.835. The van der Waals surface area contributed by atoms with Crippen LogP contribution in [0.25, 0.3) is 0 Å². The molecule has 1 aliphatic carbocycles. The van der Waals surface area contributed by atoms with Gasteiger partial charge in [-0.15, -0.1) is 0 Å². The first-order chi connectivity index (χ1) is 7.47. The van der Waals surface area contributed by atoms with E-state index in [1.165, 1.54) is 6.07 Å². The second-order valence-electron chi connectivity index (χ2n) is 4.66. The molecule has 0 aliphatic heterocycles. The first-order valence-corrected chi connectivity index (χ1v) is 5.48. The van der Waals surface area contributed by atoms with Crippen molar-refractivity contribution in [2.75, 3.05) is 0 Å². The molecule has 1 aliphatic rings. The van der Waals surface area contributed by atoms with Crippen LogP contribution in [0.15, 0.2) is 12.1 Å². The van der Waals surface area contributed by atoms with Gasteiger partial charge in [-0.25, -0.2) is 4.39 Å². The molecule has 16 heavy (non-hydrogen) atoms. The van der Waals surface area contributed by atoms with Gasteiger partial charge < -0.3 is 5.11 Å². The first-order valence-electron chi connectivity index (χ1n) is 5.48. The fourth-order valence-corrected chi connectivity index (χ4v) is 2.47. The summed E-state index contributed by atoms with van der Waals surface area (Å²) >= 11 is 0. The molecule has 0 bridgehead atoms. The summed E-state index contributed by atoms with van der Waals surface area (Å²) in [6.45, 7) is 3.55. The largest absolute Gasteiger partial charge is 0.481 e. The van der Waals surface area contributed by atoms with Crippen molar-refractivity contribution in [1.82, 2.24) is 0 Å². The van der Waals surface area contributed by atoms with Crippen LogP contribution >= 0.6 is 0 Å². The molecule has 0 spiro atoms. The fourth-order valence-electron chi connectivity index (χ4n) is 2.47. The van der Waals surface area contributed by atoms with Gasteiger partial charge in [-0.2, -0.15) is 0 Å². The van der Waals surface area contributed by atoms with Crippen LogP contribution in [0, 0.1) is 19.7 Å². The molecule has 1 aromatic carbocycles. The van der Waals surface area contributed by atoms with Gasteiger partial charge in [0.05, 0.1) is 5.41 Å². The van der Waals surface area contributed by atoms with Crippen molar-refractivity contribution in [2.45, 2.75) is 38.5 Å². The van der Waals surface area contributed by atoms with Crippen LogP contribution < -0.4 is 0 Å². The van der Waals surface area contributed by atoms with E-state index in [9.17, 15) is 14.3 Å². The normalized spacial score (nSPS) is 17.9. The summed E-state index contributed by atoms with van der Waals surface area (Å²) in [5.41, 5.74) is 1.26. The molecule has 0 amide bonds. The number of rotatable bonds is 2. The van der Waals surface area contributed by atoms with Gasteiger partial charge >= 0.3 is 5.97 Å². The Morgan fingerprint density at radius 1 is 1.31 bits per heavy atom. The Balaban J connectivity index is 2.55. The van der Waals surface area contributed by atoms with Crippen molar-refractivity contribution in [3.05, 3.63) is 34.6 Å². The Labute approximate surface area is 94.1 Å². The Hall–Kier alpha value is -1.38. The van der Waals surface area contributed by atoms with E-state index in [-0.39, 0.29) is 5.82 Å². The zero-order chi connectivity index (χ0) is 11.9. The van der Waals surface area contributed by atoms with Crippen molar-refractivity contribution in [3.63, 3.8) is 0 Å². The molecule has 1 fully saturated rings. The zero-order valence-electron chi connectivity index (χ0n) is 9.51. The number of hydrogen-bond acceptors (Lipinski definition) is 1. The number of halogens is 1. The van der Waals surface area contributed by atoms with E-state index in [1.807, 2.05) is 6.92 Å². The lowest BCUT2D eigenvalue weighted by molar-refractivity contribution is -0.147. The SMILES string of the molecule is Cc1cc(C)c(C2(C(=O)O)CCC2)cc1F. The Morgan fingerprint density at radius 3 is 2.38 bits per heavy atom. The third kappa shape index (κ3) is 1.42. The van der Waals surface area contributed by atoms with Gasteiger partial charge in [0.15, 0.2) is 0 Å². The monoisotopic (exact) mass is 222 g/mol. The minimum absolute atomic E-state index is 0.312. The number of aryl methyl sites for hydroxylation is 2. The lowest BCUT2D eigenvalue weighted by Crippen LogP contribution is -2.43. The Bertz CT molecular complexity index is 447. The predicted octanol–water partition coefficient (Wildman–Crippen LogP) is 2.95. The number of carboxylic acid groups (broad SMARTS) is 1. The Morgan fingerprint density at radius 2 is 1.94 bits per heavy atom. The smallest absolute Gasteiger partial charge is 0.314 e. The lowest BCUT2D eigenvalue weighted by atomic mass is 9.63. The molecular weight excluding hydrogens is 207 g/mol. The first kappa shape index (κ1) is 11.1. The number of hydrogen-bond donors (Lipinski definition) is 1. The number of aliphatic carboxylic acids is 1. The molecule has 3 heteroatoms. The molecule has 1 saturated carbocycles. The molecule has 2 rings (SSSR count). The highest BCUT2D eigenvalue weighted by Crippen LogP contribution is 2.45. The van der Waals surface area contributed by atoms with Gasteiger partial charge in [-0.05, 0) is 49.4 Å². The van der Waals surface area contributed by atoms with Crippen LogP contribution in [0.1, 0.15) is 36.0 Å². The average Bonchev–Trinajstić information content (AvgIpc) is 2.11. The third-order valence-electron chi connectivity index (χ3n) is 3.64. The van der Waals surface area contributed by atoms with Crippen LogP contribution in [-0.2, 0) is 10.2 Å². The second-order valence-corrected chi connectivity index (χ2v) is 4.66. The fraction of sp³-hybridized carbons (Fsp3) is 0.462. The molecule has 0 aromatic heterocycles. The van der Waals surface area contributed by atoms with Crippen molar-refractivity contribution >= 4 is 5.97 Å². The maximum atomic E-state index is 13.5. The summed E-state index contributed by atoms with van der Waals surface area (Å²) in [7, 11) is 0. The summed E-state index contributed by atoms with van der Waals surface area (Å²) in [6, 6.07) is 3.13. The highest BCUT2D eigenvalue weighted by Gasteiger charge is 2.46. The molecule has 0 atom stereocenters. The number of benzene rings is 1. The minimum Gasteiger partial charge on any atom is -0.481 e. The molecule has 0 saturated heterocycles. The minimum atomic E-state index is -0.835. The van der Waals surface area contributed by atoms with Crippen molar-refractivity contribution in [2.24, 2.45) is 0 Å². The summed E-state index contributed by atoms with van der Waals surface area (Å²) < 4.78 is 13.5.